The Morgan fingerprint density at radius 2 is 0.667 bits per heavy atom. The van der Waals surface area contributed by atoms with Crippen LogP contribution in [0, 0.1) is 0 Å². The van der Waals surface area contributed by atoms with Crippen molar-refractivity contribution in [2.45, 2.75) is 153 Å². The fourth-order valence-corrected chi connectivity index (χ4v) is 8.03. The molecule has 7 rings (SSSR count). The Bertz CT molecular complexity index is 1220. The number of benzene rings is 3. The number of ether oxygens (including phenoxy) is 4. The highest BCUT2D eigenvalue weighted by Gasteiger charge is 2.29. The second-order valence-corrected chi connectivity index (χ2v) is 13.5. The van der Waals surface area contributed by atoms with E-state index in [4.69, 9.17) is 18.9 Å². The van der Waals surface area contributed by atoms with Crippen molar-refractivity contribution in [1.29, 1.82) is 0 Å². The molecular formula is C38H50O4. The van der Waals surface area contributed by atoms with Crippen LogP contribution < -0.4 is 18.9 Å². The summed E-state index contributed by atoms with van der Waals surface area (Å²) in [6.07, 6.45) is 25.1. The van der Waals surface area contributed by atoms with E-state index >= 15 is 0 Å². The Labute approximate surface area is 252 Å². The molecule has 4 aliphatic rings. The molecule has 0 amide bonds. The minimum atomic E-state index is 0.237. The van der Waals surface area contributed by atoms with Gasteiger partial charge in [0.25, 0.3) is 0 Å². The first-order valence-electron chi connectivity index (χ1n) is 17.5. The van der Waals surface area contributed by atoms with E-state index in [0.29, 0.717) is 0 Å². The molecule has 0 aliphatic heterocycles. The molecule has 0 bridgehead atoms. The lowest BCUT2D eigenvalue weighted by molar-refractivity contribution is 0.146. The molecular weight excluding hydrogens is 520 g/mol. The first-order chi connectivity index (χ1) is 20.8. The van der Waals surface area contributed by atoms with Crippen LogP contribution in [0.5, 0.6) is 23.0 Å². The molecule has 3 aromatic rings. The van der Waals surface area contributed by atoms with Gasteiger partial charge in [0.05, 0.1) is 35.2 Å². The summed E-state index contributed by atoms with van der Waals surface area (Å²) in [7, 11) is 0. The smallest absolute Gasteiger partial charge is 0.139 e. The third-order valence-electron chi connectivity index (χ3n) is 10.4. The summed E-state index contributed by atoms with van der Waals surface area (Å²) >= 11 is 0. The van der Waals surface area contributed by atoms with Gasteiger partial charge in [0.15, 0.2) is 0 Å². The quantitative estimate of drug-likeness (QED) is 0.252. The lowest BCUT2D eigenvalue weighted by Crippen LogP contribution is -2.23. The molecule has 4 fully saturated rings. The van der Waals surface area contributed by atoms with Crippen LogP contribution in [0.1, 0.15) is 128 Å². The predicted octanol–water partition coefficient (Wildman–Crippen LogP) is 10.8. The fraction of sp³-hybridized carbons (Fsp3) is 0.632. The third-order valence-corrected chi connectivity index (χ3v) is 10.4. The first kappa shape index (κ1) is 28.2. The van der Waals surface area contributed by atoms with E-state index in [-0.39, 0.29) is 24.4 Å². The maximum atomic E-state index is 7.11. The van der Waals surface area contributed by atoms with Gasteiger partial charge in [0, 0.05) is 10.8 Å². The molecule has 3 aromatic carbocycles. The van der Waals surface area contributed by atoms with Crippen LogP contribution in [0.25, 0.3) is 21.5 Å². The highest BCUT2D eigenvalue weighted by molar-refractivity contribution is 6.15. The Hall–Kier alpha value is -2.62. The van der Waals surface area contributed by atoms with Crippen molar-refractivity contribution in [3.8, 4) is 23.0 Å². The first-order valence-corrected chi connectivity index (χ1v) is 17.5. The summed E-state index contributed by atoms with van der Waals surface area (Å²) in [6, 6.07) is 13.1. The average Bonchev–Trinajstić information content (AvgIpc) is 3.05. The van der Waals surface area contributed by atoms with Gasteiger partial charge >= 0.3 is 0 Å². The van der Waals surface area contributed by atoms with Crippen molar-refractivity contribution in [1.82, 2.24) is 0 Å². The zero-order valence-corrected chi connectivity index (χ0v) is 25.5. The maximum Gasteiger partial charge on any atom is 0.139 e. The van der Waals surface area contributed by atoms with Crippen LogP contribution in [-0.4, -0.2) is 24.4 Å². The molecule has 0 N–H and O–H groups in total. The SMILES string of the molecule is c1ccc2c(OC3CCCCC3)c3c(OC4CCCCC4)ccc(OC4CCCCC4)c3c(OC3CCCCC3)c2c1. The molecule has 0 heterocycles. The summed E-state index contributed by atoms with van der Waals surface area (Å²) in [4.78, 5) is 0. The third kappa shape index (κ3) is 6.19. The van der Waals surface area contributed by atoms with Crippen molar-refractivity contribution >= 4 is 21.5 Å². The van der Waals surface area contributed by atoms with Gasteiger partial charge in [-0.05, 0) is 115 Å². The molecule has 0 unspecified atom stereocenters. The number of hydrogen-bond donors (Lipinski definition) is 0. The van der Waals surface area contributed by atoms with E-state index in [1.807, 2.05) is 0 Å². The van der Waals surface area contributed by atoms with Crippen molar-refractivity contribution < 1.29 is 18.9 Å². The van der Waals surface area contributed by atoms with Crippen molar-refractivity contribution in [3.05, 3.63) is 36.4 Å². The Kier molecular flexibility index (Phi) is 8.95. The van der Waals surface area contributed by atoms with Crippen LogP contribution >= 0.6 is 0 Å². The van der Waals surface area contributed by atoms with E-state index in [1.165, 1.54) is 77.0 Å². The standard InChI is InChI=1S/C38H50O4/c1-5-15-27(16-6-1)39-33-25-26-34(40-28-17-7-2-8-18-28)36-35(33)37(41-29-19-9-3-10-20-29)31-23-13-14-24-32(31)38(36)42-30-21-11-4-12-22-30/h13-14,23-30H,1-12,15-22H2. The highest BCUT2D eigenvalue weighted by Crippen LogP contribution is 2.52. The summed E-state index contributed by atoms with van der Waals surface area (Å²) in [6.45, 7) is 0. The second kappa shape index (κ2) is 13.3. The van der Waals surface area contributed by atoms with E-state index in [1.54, 1.807) is 0 Å². The maximum absolute atomic E-state index is 7.11. The molecule has 226 valence electrons. The second-order valence-electron chi connectivity index (χ2n) is 13.5. The topological polar surface area (TPSA) is 36.9 Å². The van der Waals surface area contributed by atoms with Crippen molar-refractivity contribution in [2.75, 3.05) is 0 Å². The number of rotatable bonds is 8. The molecule has 0 aromatic heterocycles. The van der Waals surface area contributed by atoms with Crippen LogP contribution in [-0.2, 0) is 0 Å². The van der Waals surface area contributed by atoms with Crippen molar-refractivity contribution in [2.24, 2.45) is 0 Å². The minimum Gasteiger partial charge on any atom is -0.490 e. The lowest BCUT2D eigenvalue weighted by atomic mass is 9.94. The predicted molar refractivity (Wildman–Crippen MR) is 171 cm³/mol. The zero-order valence-electron chi connectivity index (χ0n) is 25.5. The highest BCUT2D eigenvalue weighted by atomic mass is 16.5. The van der Waals surface area contributed by atoms with Crippen LogP contribution in [0.3, 0.4) is 0 Å². The Balaban J connectivity index is 1.43. The Morgan fingerprint density at radius 1 is 0.357 bits per heavy atom. The van der Waals surface area contributed by atoms with Gasteiger partial charge in [-0.25, -0.2) is 0 Å². The van der Waals surface area contributed by atoms with E-state index in [2.05, 4.69) is 36.4 Å². The normalized spacial score (nSPS) is 21.9. The lowest BCUT2D eigenvalue weighted by Gasteiger charge is -2.31. The molecule has 0 atom stereocenters. The summed E-state index contributed by atoms with van der Waals surface area (Å²) in [5.41, 5.74) is 0. The number of fused-ring (bicyclic) bond motifs is 2. The van der Waals surface area contributed by atoms with Gasteiger partial charge in [0.2, 0.25) is 0 Å². The summed E-state index contributed by atoms with van der Waals surface area (Å²) in [5, 5.41) is 4.43. The molecule has 42 heavy (non-hydrogen) atoms. The fourth-order valence-electron chi connectivity index (χ4n) is 8.03. The molecule has 4 heteroatoms. The van der Waals surface area contributed by atoms with Gasteiger partial charge in [-0.15, -0.1) is 0 Å². The van der Waals surface area contributed by atoms with Crippen molar-refractivity contribution in [3.63, 3.8) is 0 Å². The van der Waals surface area contributed by atoms with Gasteiger partial charge in [-0.2, -0.15) is 0 Å². The van der Waals surface area contributed by atoms with E-state index in [0.717, 1.165) is 95.9 Å². The summed E-state index contributed by atoms with van der Waals surface area (Å²) in [5.74, 6) is 3.84. The minimum absolute atomic E-state index is 0.237. The van der Waals surface area contributed by atoms with E-state index in [9.17, 15) is 0 Å². The summed E-state index contributed by atoms with van der Waals surface area (Å²) < 4.78 is 28.1. The zero-order chi connectivity index (χ0) is 28.1. The van der Waals surface area contributed by atoms with Gasteiger partial charge < -0.3 is 18.9 Å². The monoisotopic (exact) mass is 570 g/mol. The number of hydrogen-bond acceptors (Lipinski definition) is 4. The molecule has 4 nitrogen and oxygen atoms in total. The van der Waals surface area contributed by atoms with Gasteiger partial charge in [-0.1, -0.05) is 49.9 Å². The largest absolute Gasteiger partial charge is 0.490 e. The van der Waals surface area contributed by atoms with Crippen LogP contribution in [0.4, 0.5) is 0 Å². The van der Waals surface area contributed by atoms with E-state index < -0.39 is 0 Å². The average molecular weight is 571 g/mol. The molecule has 4 aliphatic carbocycles. The Morgan fingerprint density at radius 3 is 1.00 bits per heavy atom. The van der Waals surface area contributed by atoms with Crippen LogP contribution in [0.2, 0.25) is 0 Å². The molecule has 4 saturated carbocycles. The molecule has 0 spiro atoms. The molecule has 0 radical (unpaired) electrons. The van der Waals surface area contributed by atoms with Gasteiger partial charge in [-0.3, -0.25) is 0 Å². The van der Waals surface area contributed by atoms with Gasteiger partial charge in [0.1, 0.15) is 23.0 Å². The molecule has 0 saturated heterocycles. The van der Waals surface area contributed by atoms with Crippen LogP contribution in [0.15, 0.2) is 36.4 Å².